The predicted molar refractivity (Wildman–Crippen MR) is 139 cm³/mol. The van der Waals surface area contributed by atoms with Crippen molar-refractivity contribution in [1.82, 2.24) is 30.0 Å². The first kappa shape index (κ1) is 21.8. The van der Waals surface area contributed by atoms with Gasteiger partial charge in [-0.25, -0.2) is 14.6 Å². The summed E-state index contributed by atoms with van der Waals surface area (Å²) in [5.41, 5.74) is 10.8. The van der Waals surface area contributed by atoms with E-state index in [9.17, 15) is 0 Å². The van der Waals surface area contributed by atoms with Crippen LogP contribution < -0.4 is 10.2 Å². The molecule has 0 saturated heterocycles. The molecule has 9 nitrogen and oxygen atoms in total. The number of hydrogen-bond donors (Lipinski definition) is 2. The van der Waals surface area contributed by atoms with Gasteiger partial charge in [0.2, 0.25) is 0 Å². The van der Waals surface area contributed by atoms with Crippen molar-refractivity contribution in [1.29, 1.82) is 0 Å². The maximum atomic E-state index is 5.81. The van der Waals surface area contributed by atoms with Gasteiger partial charge in [-0.1, -0.05) is 35.5 Å². The van der Waals surface area contributed by atoms with Gasteiger partial charge in [-0.15, -0.1) is 0 Å². The van der Waals surface area contributed by atoms with E-state index in [0.29, 0.717) is 11.6 Å². The summed E-state index contributed by atoms with van der Waals surface area (Å²) < 4.78 is 13.2. The number of nitrogens with one attached hydrogen (secondary N) is 2. The van der Waals surface area contributed by atoms with E-state index in [1.807, 2.05) is 62.8 Å². The Labute approximate surface area is 207 Å². The van der Waals surface area contributed by atoms with Crippen molar-refractivity contribution in [3.63, 3.8) is 0 Å². The molecule has 0 aliphatic carbocycles. The molecule has 0 unspecified atom stereocenters. The fourth-order valence-electron chi connectivity index (χ4n) is 4.82. The highest BCUT2D eigenvalue weighted by atomic mass is 16.5. The molecule has 0 atom stereocenters. The van der Waals surface area contributed by atoms with Gasteiger partial charge in [0.05, 0.1) is 23.9 Å². The van der Waals surface area contributed by atoms with Crippen molar-refractivity contribution < 1.29 is 9.26 Å². The molecule has 2 aromatic carbocycles. The molecule has 0 radical (unpaired) electrons. The Morgan fingerprint density at radius 3 is 2.53 bits per heavy atom. The van der Waals surface area contributed by atoms with Crippen molar-refractivity contribution in [3.8, 4) is 28.0 Å². The normalized spacial score (nSPS) is 11.5. The summed E-state index contributed by atoms with van der Waals surface area (Å²) in [7, 11) is 1.67. The van der Waals surface area contributed by atoms with Crippen molar-refractivity contribution in [2.45, 2.75) is 27.7 Å². The van der Waals surface area contributed by atoms with Gasteiger partial charge in [0.1, 0.15) is 17.3 Å². The molecule has 0 aliphatic heterocycles. The van der Waals surface area contributed by atoms with Gasteiger partial charge in [0, 0.05) is 33.8 Å². The van der Waals surface area contributed by atoms with E-state index in [2.05, 4.69) is 44.0 Å². The van der Waals surface area contributed by atoms with Gasteiger partial charge < -0.3 is 9.26 Å². The molecule has 0 fully saturated rings. The van der Waals surface area contributed by atoms with Crippen LogP contribution in [0.5, 0.6) is 5.75 Å². The number of nitrogens with zero attached hydrogens (tertiary/aromatic N) is 5. The van der Waals surface area contributed by atoms with E-state index < -0.39 is 0 Å². The van der Waals surface area contributed by atoms with E-state index in [4.69, 9.17) is 14.2 Å². The molecule has 0 bridgehead atoms. The second-order valence-corrected chi connectivity index (χ2v) is 8.81. The van der Waals surface area contributed by atoms with Gasteiger partial charge >= 0.3 is 0 Å². The van der Waals surface area contributed by atoms with Gasteiger partial charge in [-0.3, -0.25) is 10.5 Å². The van der Waals surface area contributed by atoms with Crippen LogP contribution in [0, 0.1) is 27.7 Å². The number of aromatic nitrogens is 6. The summed E-state index contributed by atoms with van der Waals surface area (Å²) >= 11 is 0. The molecule has 0 saturated carbocycles. The molecule has 0 spiro atoms. The minimum Gasteiger partial charge on any atom is -0.496 e. The van der Waals surface area contributed by atoms with Crippen LogP contribution >= 0.6 is 0 Å². The average molecular weight is 480 g/mol. The monoisotopic (exact) mass is 479 g/mol. The quantitative estimate of drug-likeness (QED) is 0.324. The van der Waals surface area contributed by atoms with Crippen LogP contribution in [0.15, 0.2) is 53.2 Å². The van der Waals surface area contributed by atoms with Crippen LogP contribution in [-0.2, 0) is 0 Å². The Balaban J connectivity index is 1.63. The van der Waals surface area contributed by atoms with Gasteiger partial charge in [-0.2, -0.15) is 5.10 Å². The second-order valence-electron chi connectivity index (χ2n) is 8.81. The molecule has 0 aliphatic rings. The van der Waals surface area contributed by atoms with Gasteiger partial charge in [0.15, 0.2) is 11.5 Å². The first-order valence-corrected chi connectivity index (χ1v) is 11.6. The van der Waals surface area contributed by atoms with Crippen molar-refractivity contribution in [2.24, 2.45) is 0 Å². The zero-order valence-corrected chi connectivity index (χ0v) is 20.7. The van der Waals surface area contributed by atoms with Crippen molar-refractivity contribution >= 4 is 27.8 Å². The SMILES string of the molecule is COc1cc2c3cnc(C)nc3n(Nc3n[nH]c(C)c3-c3ccccc3)c2cc1-c1c(C)noc1C. The molecule has 6 rings (SSSR count). The third-order valence-corrected chi connectivity index (χ3v) is 6.48. The summed E-state index contributed by atoms with van der Waals surface area (Å²) in [4.78, 5) is 9.24. The molecule has 4 aromatic heterocycles. The summed E-state index contributed by atoms with van der Waals surface area (Å²) in [5, 5.41) is 13.7. The molecular weight excluding hydrogens is 454 g/mol. The number of benzene rings is 2. The molecule has 9 heteroatoms. The number of fused-ring (bicyclic) bond motifs is 3. The van der Waals surface area contributed by atoms with Crippen LogP contribution in [-0.4, -0.2) is 37.1 Å². The Hall–Kier alpha value is -4.66. The van der Waals surface area contributed by atoms with Crippen LogP contribution in [0.1, 0.15) is 23.0 Å². The molecule has 6 aromatic rings. The Bertz CT molecular complexity index is 1730. The fraction of sp³-hybridized carbons (Fsp3) is 0.185. The highest BCUT2D eigenvalue weighted by Gasteiger charge is 2.22. The summed E-state index contributed by atoms with van der Waals surface area (Å²) in [6.45, 7) is 7.72. The third-order valence-electron chi connectivity index (χ3n) is 6.48. The number of aryl methyl sites for hydroxylation is 4. The second kappa shape index (κ2) is 8.23. The van der Waals surface area contributed by atoms with E-state index in [0.717, 1.165) is 67.1 Å². The number of rotatable bonds is 5. The van der Waals surface area contributed by atoms with Gasteiger partial charge in [0.25, 0.3) is 0 Å². The highest BCUT2D eigenvalue weighted by molar-refractivity contribution is 6.09. The van der Waals surface area contributed by atoms with Crippen LogP contribution in [0.2, 0.25) is 0 Å². The lowest BCUT2D eigenvalue weighted by Gasteiger charge is -2.13. The average Bonchev–Trinajstić information content (AvgIpc) is 3.51. The first-order valence-electron chi connectivity index (χ1n) is 11.6. The zero-order chi connectivity index (χ0) is 25.0. The number of hydrogen-bond acceptors (Lipinski definition) is 7. The van der Waals surface area contributed by atoms with E-state index in [1.54, 1.807) is 7.11 Å². The Kier molecular flexibility index (Phi) is 4.99. The molecular formula is C27H25N7O2. The van der Waals surface area contributed by atoms with E-state index in [1.165, 1.54) is 0 Å². The lowest BCUT2D eigenvalue weighted by Crippen LogP contribution is -2.11. The number of anilines is 1. The van der Waals surface area contributed by atoms with Crippen LogP contribution in [0.4, 0.5) is 5.82 Å². The maximum Gasteiger partial charge on any atom is 0.174 e. The van der Waals surface area contributed by atoms with E-state index in [-0.39, 0.29) is 0 Å². The Morgan fingerprint density at radius 1 is 1.00 bits per heavy atom. The standard InChI is InChI=1S/C27H25N7O2/c1-14-25(18-9-7-6-8-10-18)26(31-30-14)32-34-22-11-20(24-15(2)33-36-16(24)3)23(35-5)12-19(22)21-13-28-17(4)29-27(21)34/h6-13H,1-5H3,(H2,30,31,32). The number of ether oxygens (including phenoxy) is 1. The maximum absolute atomic E-state index is 5.81. The highest BCUT2D eigenvalue weighted by Crippen LogP contribution is 2.40. The number of methoxy groups -OCH3 is 1. The third kappa shape index (κ3) is 3.31. The molecule has 180 valence electrons. The van der Waals surface area contributed by atoms with Crippen molar-refractivity contribution in [2.75, 3.05) is 12.5 Å². The predicted octanol–water partition coefficient (Wildman–Crippen LogP) is 5.75. The molecule has 2 N–H and O–H groups in total. The number of aromatic amines is 1. The first-order chi connectivity index (χ1) is 17.5. The Morgan fingerprint density at radius 2 is 1.81 bits per heavy atom. The minimum atomic E-state index is 0.674. The summed E-state index contributed by atoms with van der Waals surface area (Å²) in [5.74, 6) is 2.82. The molecule has 0 amide bonds. The lowest BCUT2D eigenvalue weighted by atomic mass is 10.0. The summed E-state index contributed by atoms with van der Waals surface area (Å²) in [6.07, 6.45) is 1.85. The largest absolute Gasteiger partial charge is 0.496 e. The fourth-order valence-corrected chi connectivity index (χ4v) is 4.82. The topological polar surface area (TPSA) is 107 Å². The van der Waals surface area contributed by atoms with Crippen LogP contribution in [0.25, 0.3) is 44.2 Å². The van der Waals surface area contributed by atoms with Crippen LogP contribution in [0.3, 0.4) is 0 Å². The van der Waals surface area contributed by atoms with Gasteiger partial charge in [-0.05, 0) is 45.4 Å². The smallest absolute Gasteiger partial charge is 0.174 e. The molecule has 36 heavy (non-hydrogen) atoms. The number of H-pyrrole nitrogens is 1. The summed E-state index contributed by atoms with van der Waals surface area (Å²) in [6, 6.07) is 14.3. The minimum absolute atomic E-state index is 0.674. The molecule has 4 heterocycles. The zero-order valence-electron chi connectivity index (χ0n) is 20.7. The lowest BCUT2D eigenvalue weighted by molar-refractivity contribution is 0.393. The van der Waals surface area contributed by atoms with E-state index >= 15 is 0 Å². The van der Waals surface area contributed by atoms with Crippen molar-refractivity contribution in [3.05, 3.63) is 71.6 Å².